The molecule has 0 aliphatic heterocycles. The second kappa shape index (κ2) is 34.4. The number of hydrogen-bond acceptors (Lipinski definition) is 0. The minimum absolute atomic E-state index is 1.13. The third-order valence-electron chi connectivity index (χ3n) is 27.5. The van der Waals surface area contributed by atoms with Crippen LogP contribution in [0.1, 0.15) is 0 Å². The van der Waals surface area contributed by atoms with Crippen LogP contribution in [0, 0.1) is 0 Å². The number of aromatic nitrogens is 4. The molecule has 0 unspecified atom stereocenters. The highest BCUT2D eigenvalue weighted by atomic mass is 15.0. The molecule has 0 N–H and O–H groups in total. The Labute approximate surface area is 790 Å². The second-order valence-electron chi connectivity index (χ2n) is 35.4. The molecule has 26 aromatic rings. The zero-order chi connectivity index (χ0) is 89.9. The summed E-state index contributed by atoms with van der Waals surface area (Å²) in [6, 6.07) is 195. The molecule has 0 radical (unpaired) electrons. The van der Waals surface area contributed by atoms with E-state index in [0.29, 0.717) is 0 Å². The molecule has 0 spiro atoms. The average molecular weight is 1730 g/mol. The molecule has 636 valence electrons. The van der Waals surface area contributed by atoms with Crippen LogP contribution >= 0.6 is 0 Å². The summed E-state index contributed by atoms with van der Waals surface area (Å²) in [5.74, 6) is 0. The van der Waals surface area contributed by atoms with Crippen LogP contribution in [0.2, 0.25) is 0 Å². The summed E-state index contributed by atoms with van der Waals surface area (Å²) in [4.78, 5) is 0. The molecule has 136 heavy (non-hydrogen) atoms. The van der Waals surface area contributed by atoms with Crippen molar-refractivity contribution >= 4 is 87.2 Å². The Morgan fingerprint density at radius 2 is 0.301 bits per heavy atom. The van der Waals surface area contributed by atoms with E-state index in [4.69, 9.17) is 0 Å². The number of nitrogens with zero attached hydrogens (tertiary/aromatic N) is 4. The van der Waals surface area contributed by atoms with E-state index in [1.807, 2.05) is 0 Å². The zero-order valence-corrected chi connectivity index (χ0v) is 74.6. The van der Waals surface area contributed by atoms with Gasteiger partial charge in [0, 0.05) is 65.8 Å². The van der Waals surface area contributed by atoms with E-state index in [0.717, 1.165) is 22.7 Å². The van der Waals surface area contributed by atoms with Gasteiger partial charge in [0.25, 0.3) is 0 Å². The summed E-state index contributed by atoms with van der Waals surface area (Å²) in [6.45, 7) is 0. The van der Waals surface area contributed by atoms with Crippen molar-refractivity contribution < 1.29 is 0 Å². The van der Waals surface area contributed by atoms with Gasteiger partial charge in [0.2, 0.25) is 0 Å². The monoisotopic (exact) mass is 1730 g/mol. The lowest BCUT2D eigenvalue weighted by Crippen LogP contribution is -1.95. The maximum Gasteiger partial charge on any atom is 0.0547 e. The Hall–Kier alpha value is -18.0. The molecule has 22 aromatic carbocycles. The smallest absolute Gasteiger partial charge is 0.0547 e. The van der Waals surface area contributed by atoms with Crippen LogP contribution in [0.5, 0.6) is 0 Å². The molecule has 0 saturated carbocycles. The molecule has 4 heteroatoms. The van der Waals surface area contributed by atoms with E-state index in [2.05, 4.69) is 552 Å². The summed E-state index contributed by atoms with van der Waals surface area (Å²) < 4.78 is 9.73. The second-order valence-corrected chi connectivity index (χ2v) is 35.4. The third-order valence-corrected chi connectivity index (χ3v) is 27.5. The van der Waals surface area contributed by atoms with E-state index in [1.54, 1.807) is 0 Å². The van der Waals surface area contributed by atoms with E-state index in [-0.39, 0.29) is 0 Å². The number of benzene rings is 22. The first-order valence-corrected chi connectivity index (χ1v) is 46.8. The van der Waals surface area contributed by atoms with E-state index in [9.17, 15) is 0 Å². The van der Waals surface area contributed by atoms with Crippen molar-refractivity contribution in [2.75, 3.05) is 0 Å². The number of rotatable bonds is 16. The Bertz CT molecular complexity index is 8940. The normalized spacial score (nSPS) is 11.5. The third kappa shape index (κ3) is 14.5. The van der Waals surface area contributed by atoms with Crippen LogP contribution in [0.25, 0.3) is 243 Å². The molecular formula is C132H88N4. The largest absolute Gasteiger partial charge is 0.309 e. The van der Waals surface area contributed by atoms with E-state index < -0.39 is 0 Å². The van der Waals surface area contributed by atoms with Gasteiger partial charge in [0.15, 0.2) is 0 Å². The van der Waals surface area contributed by atoms with Gasteiger partial charge in [-0.15, -0.1) is 0 Å². The number of para-hydroxylation sites is 4. The van der Waals surface area contributed by atoms with Crippen molar-refractivity contribution in [3.63, 3.8) is 0 Å². The Morgan fingerprint density at radius 1 is 0.0956 bits per heavy atom. The van der Waals surface area contributed by atoms with Crippen LogP contribution in [0.4, 0.5) is 0 Å². The summed E-state index contributed by atoms with van der Waals surface area (Å²) in [5, 5.41) is 9.98. The van der Waals surface area contributed by atoms with Crippen LogP contribution in [-0.2, 0) is 0 Å². The molecule has 4 aromatic heterocycles. The van der Waals surface area contributed by atoms with Crippen LogP contribution in [-0.4, -0.2) is 18.3 Å². The molecule has 0 aliphatic rings. The van der Waals surface area contributed by atoms with Crippen LogP contribution < -0.4 is 0 Å². The van der Waals surface area contributed by atoms with Gasteiger partial charge in [-0.25, -0.2) is 0 Å². The molecular weight excluding hydrogens is 1640 g/mol. The van der Waals surface area contributed by atoms with Gasteiger partial charge in [-0.2, -0.15) is 0 Å². The predicted octanol–water partition coefficient (Wildman–Crippen LogP) is 35.8. The topological polar surface area (TPSA) is 19.7 Å². The molecule has 4 nitrogen and oxygen atoms in total. The minimum atomic E-state index is 1.13. The van der Waals surface area contributed by atoms with Gasteiger partial charge < -0.3 is 18.3 Å². The summed E-state index contributed by atoms with van der Waals surface area (Å²) in [5.41, 5.74) is 43.1. The highest BCUT2D eigenvalue weighted by Gasteiger charge is 2.24. The first-order valence-electron chi connectivity index (χ1n) is 46.8. The van der Waals surface area contributed by atoms with Gasteiger partial charge in [-0.1, -0.05) is 413 Å². The van der Waals surface area contributed by atoms with Crippen molar-refractivity contribution in [3.05, 3.63) is 534 Å². The fourth-order valence-electron chi connectivity index (χ4n) is 21.0. The molecule has 4 heterocycles. The first kappa shape index (κ1) is 80.1. The molecule has 0 fully saturated rings. The molecule has 26 rings (SSSR count). The summed E-state index contributed by atoms with van der Waals surface area (Å²) >= 11 is 0. The van der Waals surface area contributed by atoms with Gasteiger partial charge in [0.1, 0.15) is 0 Å². The lowest BCUT2D eigenvalue weighted by atomic mass is 9.95. The van der Waals surface area contributed by atoms with Crippen molar-refractivity contribution in [1.82, 2.24) is 18.3 Å². The van der Waals surface area contributed by atoms with Crippen molar-refractivity contribution in [2.45, 2.75) is 0 Å². The quantitative estimate of drug-likeness (QED) is 0.0919. The van der Waals surface area contributed by atoms with Gasteiger partial charge in [-0.05, 0) is 255 Å². The highest BCUT2D eigenvalue weighted by Crippen LogP contribution is 2.48. The molecule has 0 saturated heterocycles. The average Bonchev–Trinajstić information content (AvgIpc) is 1.55. The van der Waals surface area contributed by atoms with Gasteiger partial charge >= 0.3 is 0 Å². The van der Waals surface area contributed by atoms with Crippen molar-refractivity contribution in [1.29, 1.82) is 0 Å². The van der Waals surface area contributed by atoms with E-state index >= 15 is 0 Å². The molecule has 0 bridgehead atoms. The lowest BCUT2D eigenvalue weighted by Gasteiger charge is -2.12. The maximum absolute atomic E-state index is 2.43. The van der Waals surface area contributed by atoms with Crippen molar-refractivity contribution in [3.8, 4) is 156 Å². The summed E-state index contributed by atoms with van der Waals surface area (Å²) in [6.07, 6.45) is 0. The Kier molecular flexibility index (Phi) is 20.3. The maximum atomic E-state index is 2.43. The van der Waals surface area contributed by atoms with Crippen LogP contribution in [0.15, 0.2) is 534 Å². The fourth-order valence-corrected chi connectivity index (χ4v) is 21.0. The Balaban J connectivity index is 0.000000145. The van der Waals surface area contributed by atoms with Crippen LogP contribution in [0.3, 0.4) is 0 Å². The van der Waals surface area contributed by atoms with Gasteiger partial charge in [-0.3, -0.25) is 0 Å². The minimum Gasteiger partial charge on any atom is -0.309 e. The standard InChI is InChI=1S/2C66H44N2/c1-3-16-45(17-4-1)50-20-11-22-52(42-50)53-23-12-21-51(43-53)49-36-34-47(35-37-49)48-38-40-55(41-39-48)67-61-30-9-7-26-59(61)65-57(28-14-32-63(65)67)58-29-15-33-64-66(58)60-27-8-10-31-62(60)68(64)56-25-13-24-54(44-56)46-18-5-2-6-19-46;1-3-15-45(16-4-1)50-19-11-21-52(41-50)53-22-12-20-51(42-53)49-33-31-47(32-34-49)48-35-38-56(39-36-48)67-63-29-10-8-26-61(63)66-58(27-14-30-64(66)67)55-37-40-60-59-25-7-9-28-62(59)68(65(60)44-55)57-24-13-23-54(43-57)46-17-5-2-6-18-46/h2*1-44H. The Morgan fingerprint density at radius 3 is 0.647 bits per heavy atom. The SMILES string of the molecule is c1ccc(-c2cccc(-c3cccc(-c4ccc(-c5ccc(-n6c7ccccc7c7c(-c8ccc9c%10ccccc%10n(-c%10cccc(-c%11ccccc%11)c%10)c9c8)cccc76)cc5)cc4)c3)c2)cc1.c1ccc(-c2cccc(-c3cccc(-c4ccc(-c5ccc(-n6c7ccccc7c7c(-c8cccc9c8c8ccccc8n9-c8cccc(-c9ccccc9)c8)cccc76)cc5)cc4)c3)c2)cc1. The summed E-state index contributed by atoms with van der Waals surface area (Å²) in [7, 11) is 0. The van der Waals surface area contributed by atoms with Crippen molar-refractivity contribution in [2.24, 2.45) is 0 Å². The number of hydrogen-bond donors (Lipinski definition) is 0. The molecule has 0 aliphatic carbocycles. The molecule has 0 atom stereocenters. The lowest BCUT2D eigenvalue weighted by molar-refractivity contribution is 1.18. The van der Waals surface area contributed by atoms with E-state index in [1.165, 1.54) is 221 Å². The molecule has 0 amide bonds. The highest BCUT2D eigenvalue weighted by molar-refractivity contribution is 6.23. The first-order chi connectivity index (χ1) is 67.4. The zero-order valence-electron chi connectivity index (χ0n) is 74.6. The fraction of sp³-hybridized carbons (Fsp3) is 0. The van der Waals surface area contributed by atoms with Gasteiger partial charge in [0.05, 0.1) is 44.1 Å². The number of fused-ring (bicyclic) bond motifs is 12. The predicted molar refractivity (Wildman–Crippen MR) is 575 cm³/mol.